The number of hydrogen-bond donors (Lipinski definition) is 1. The Morgan fingerprint density at radius 2 is 1.76 bits per heavy atom. The second-order valence-electron chi connectivity index (χ2n) is 8.01. The molecule has 5 heteroatoms. The smallest absolute Gasteiger partial charge is 0.225 e. The molecule has 2 saturated carbocycles. The molecule has 0 aromatic rings. The van der Waals surface area contributed by atoms with E-state index in [1.807, 2.05) is 0 Å². The molecule has 3 rings (SSSR count). The second kappa shape index (κ2) is 9.56. The Hall–Kier alpha value is -1.10. The average molecular weight is 351 g/mol. The number of nitrogens with zero attached hydrogens (tertiary/aromatic N) is 1. The Morgan fingerprint density at radius 3 is 2.60 bits per heavy atom. The van der Waals surface area contributed by atoms with Crippen molar-refractivity contribution in [1.82, 2.24) is 10.2 Å². The van der Waals surface area contributed by atoms with Gasteiger partial charge in [-0.25, -0.2) is 0 Å². The van der Waals surface area contributed by atoms with Crippen molar-refractivity contribution in [2.45, 2.75) is 76.7 Å². The van der Waals surface area contributed by atoms with Crippen LogP contribution in [0.3, 0.4) is 0 Å². The molecule has 0 radical (unpaired) electrons. The summed E-state index contributed by atoms with van der Waals surface area (Å²) in [5, 5.41) is 3.02. The van der Waals surface area contributed by atoms with E-state index < -0.39 is 0 Å². The molecule has 2 aliphatic carbocycles. The van der Waals surface area contributed by atoms with Crippen molar-refractivity contribution in [1.29, 1.82) is 0 Å². The lowest BCUT2D eigenvalue weighted by atomic mass is 9.81. The molecule has 142 valence electrons. The van der Waals surface area contributed by atoms with Crippen LogP contribution in [0.4, 0.5) is 0 Å². The number of hydrogen-bond acceptors (Lipinski definition) is 3. The van der Waals surface area contributed by atoms with Gasteiger partial charge in [-0.2, -0.15) is 0 Å². The van der Waals surface area contributed by atoms with Gasteiger partial charge in [0.15, 0.2) is 0 Å². The quantitative estimate of drug-likeness (QED) is 0.833. The van der Waals surface area contributed by atoms with Crippen molar-refractivity contribution in [2.24, 2.45) is 11.8 Å². The van der Waals surface area contributed by atoms with Crippen LogP contribution in [0, 0.1) is 11.8 Å². The summed E-state index contributed by atoms with van der Waals surface area (Å²) in [6.45, 7) is 2.55. The summed E-state index contributed by atoms with van der Waals surface area (Å²) in [7, 11) is 0. The zero-order chi connectivity index (χ0) is 17.5. The standard InChI is InChI=1S/C20H34N2O3/c23-19(15-16-7-2-1-3-8-16)22-12-6-13-25-14-11-21-20(24)17-9-4-5-10-18(17)22/h16-18H,1-15H2,(H,21,24)/t17-,18+/m1/s1. The lowest BCUT2D eigenvalue weighted by molar-refractivity contribution is -0.139. The number of amides is 2. The largest absolute Gasteiger partial charge is 0.380 e. The summed E-state index contributed by atoms with van der Waals surface area (Å²) < 4.78 is 5.59. The monoisotopic (exact) mass is 350 g/mol. The molecule has 1 saturated heterocycles. The zero-order valence-corrected chi connectivity index (χ0v) is 15.5. The van der Waals surface area contributed by atoms with E-state index in [2.05, 4.69) is 10.2 Å². The van der Waals surface area contributed by atoms with Crippen LogP contribution in [-0.4, -0.2) is 49.1 Å². The first-order valence-electron chi connectivity index (χ1n) is 10.4. The van der Waals surface area contributed by atoms with Crippen molar-refractivity contribution >= 4 is 11.8 Å². The van der Waals surface area contributed by atoms with Crippen molar-refractivity contribution in [2.75, 3.05) is 26.3 Å². The van der Waals surface area contributed by atoms with Gasteiger partial charge in [0.1, 0.15) is 0 Å². The molecule has 0 spiro atoms. The molecule has 0 aromatic carbocycles. The number of fused-ring (bicyclic) bond motifs is 1. The van der Waals surface area contributed by atoms with E-state index in [1.165, 1.54) is 32.1 Å². The van der Waals surface area contributed by atoms with Crippen LogP contribution >= 0.6 is 0 Å². The molecule has 0 unspecified atom stereocenters. The predicted octanol–water partition coefficient (Wildman–Crippen LogP) is 2.88. The lowest BCUT2D eigenvalue weighted by Crippen LogP contribution is -2.51. The van der Waals surface area contributed by atoms with Crippen LogP contribution in [0.5, 0.6) is 0 Å². The van der Waals surface area contributed by atoms with Gasteiger partial charge >= 0.3 is 0 Å². The van der Waals surface area contributed by atoms with E-state index in [0.29, 0.717) is 32.1 Å². The topological polar surface area (TPSA) is 58.6 Å². The van der Waals surface area contributed by atoms with Gasteiger partial charge < -0.3 is 15.0 Å². The van der Waals surface area contributed by atoms with E-state index >= 15 is 0 Å². The fraction of sp³-hybridized carbons (Fsp3) is 0.900. The van der Waals surface area contributed by atoms with E-state index in [-0.39, 0.29) is 23.8 Å². The van der Waals surface area contributed by atoms with E-state index in [1.54, 1.807) is 0 Å². The first-order chi connectivity index (χ1) is 12.3. The zero-order valence-electron chi connectivity index (χ0n) is 15.5. The first-order valence-corrected chi connectivity index (χ1v) is 10.4. The number of rotatable bonds is 2. The predicted molar refractivity (Wildman–Crippen MR) is 97.1 cm³/mol. The number of carbonyl (C=O) groups is 2. The molecule has 2 atom stereocenters. The third-order valence-corrected chi connectivity index (χ3v) is 6.21. The van der Waals surface area contributed by atoms with Gasteiger partial charge in [-0.3, -0.25) is 9.59 Å². The third-order valence-electron chi connectivity index (χ3n) is 6.21. The van der Waals surface area contributed by atoms with Gasteiger partial charge in [0.05, 0.1) is 12.5 Å². The van der Waals surface area contributed by atoms with E-state index in [4.69, 9.17) is 4.74 Å². The molecule has 1 N–H and O–H groups in total. The molecule has 25 heavy (non-hydrogen) atoms. The molecule has 1 heterocycles. The summed E-state index contributed by atoms with van der Waals surface area (Å²) in [5.74, 6) is 0.898. The van der Waals surface area contributed by atoms with Gasteiger partial charge in [-0.05, 0) is 38.0 Å². The van der Waals surface area contributed by atoms with Crippen LogP contribution in [0.1, 0.15) is 70.6 Å². The minimum absolute atomic E-state index is 0.0397. The fourth-order valence-electron chi connectivity index (χ4n) is 4.84. The highest BCUT2D eigenvalue weighted by atomic mass is 16.5. The van der Waals surface area contributed by atoms with E-state index in [9.17, 15) is 9.59 Å². The average Bonchev–Trinajstić information content (AvgIpc) is 2.67. The normalized spacial score (nSPS) is 30.1. The van der Waals surface area contributed by atoms with Crippen molar-refractivity contribution in [3.05, 3.63) is 0 Å². The summed E-state index contributed by atoms with van der Waals surface area (Å²) in [6, 6.07) is 0.0861. The van der Waals surface area contributed by atoms with E-state index in [0.717, 1.165) is 38.6 Å². The fourth-order valence-corrected chi connectivity index (χ4v) is 4.84. The Kier molecular flexibility index (Phi) is 7.14. The molecule has 3 aliphatic rings. The molecular formula is C20H34N2O3. The second-order valence-corrected chi connectivity index (χ2v) is 8.01. The minimum Gasteiger partial charge on any atom is -0.380 e. The van der Waals surface area contributed by atoms with Gasteiger partial charge in [0.2, 0.25) is 11.8 Å². The lowest BCUT2D eigenvalue weighted by Gasteiger charge is -2.40. The van der Waals surface area contributed by atoms with Gasteiger partial charge in [0, 0.05) is 32.2 Å². The number of carbonyl (C=O) groups excluding carboxylic acids is 2. The van der Waals surface area contributed by atoms with Gasteiger partial charge in [-0.1, -0.05) is 32.1 Å². The molecule has 2 amide bonds. The highest BCUT2D eigenvalue weighted by molar-refractivity contribution is 5.82. The Bertz CT molecular complexity index is 448. The molecule has 0 aromatic heterocycles. The van der Waals surface area contributed by atoms with Crippen LogP contribution in [-0.2, 0) is 14.3 Å². The number of ether oxygens (including phenoxy) is 1. The van der Waals surface area contributed by atoms with Gasteiger partial charge in [0.25, 0.3) is 0 Å². The molecule has 3 fully saturated rings. The summed E-state index contributed by atoms with van der Waals surface area (Å²) >= 11 is 0. The SMILES string of the molecule is O=C1NCCOCCCN(C(=O)CC2CCCCC2)[C@H]2CCCC[C@@H]12. The van der Waals surface area contributed by atoms with Crippen molar-refractivity contribution < 1.29 is 14.3 Å². The highest BCUT2D eigenvalue weighted by Gasteiger charge is 2.37. The molecular weight excluding hydrogens is 316 g/mol. The van der Waals surface area contributed by atoms with Crippen LogP contribution in [0.25, 0.3) is 0 Å². The van der Waals surface area contributed by atoms with Crippen molar-refractivity contribution in [3.8, 4) is 0 Å². The maximum Gasteiger partial charge on any atom is 0.225 e. The van der Waals surface area contributed by atoms with Crippen molar-refractivity contribution in [3.63, 3.8) is 0 Å². The third kappa shape index (κ3) is 5.19. The minimum atomic E-state index is -0.0397. The molecule has 0 bridgehead atoms. The Labute approximate surface area is 151 Å². The summed E-state index contributed by atoms with van der Waals surface area (Å²) in [5.41, 5.74) is 0. The van der Waals surface area contributed by atoms with Crippen LogP contribution in [0.2, 0.25) is 0 Å². The maximum atomic E-state index is 13.1. The maximum absolute atomic E-state index is 13.1. The summed E-state index contributed by atoms with van der Waals surface area (Å²) in [4.78, 5) is 27.8. The molecule has 5 nitrogen and oxygen atoms in total. The van der Waals surface area contributed by atoms with Gasteiger partial charge in [-0.15, -0.1) is 0 Å². The first kappa shape index (κ1) is 18.7. The summed E-state index contributed by atoms with van der Waals surface area (Å²) in [6.07, 6.45) is 11.9. The number of nitrogens with one attached hydrogen (secondary N) is 1. The Balaban J connectivity index is 1.71. The highest BCUT2D eigenvalue weighted by Crippen LogP contribution is 2.32. The Morgan fingerprint density at radius 1 is 1.00 bits per heavy atom. The van der Waals surface area contributed by atoms with Crippen LogP contribution < -0.4 is 5.32 Å². The molecule has 1 aliphatic heterocycles. The van der Waals surface area contributed by atoms with Crippen LogP contribution in [0.15, 0.2) is 0 Å².